The predicted molar refractivity (Wildman–Crippen MR) is 60.1 cm³/mol. The summed E-state index contributed by atoms with van der Waals surface area (Å²) in [6.07, 6.45) is -3.58. The van der Waals surface area contributed by atoms with Crippen LogP contribution in [0.5, 0.6) is 5.75 Å². The topological polar surface area (TPSA) is 94.0 Å². The van der Waals surface area contributed by atoms with E-state index in [-0.39, 0.29) is 16.7 Å². The summed E-state index contributed by atoms with van der Waals surface area (Å²) in [6, 6.07) is 1.04. The standard InChI is InChI=1S/C9H7F3N4O3S/c10-9(11,12)4-16-8(13-14-15-16)20-3-5-1-6(17)7(18)2-19-5/h1-2,18H,3-4H2. The fourth-order valence-corrected chi connectivity index (χ4v) is 1.99. The van der Waals surface area contributed by atoms with E-state index >= 15 is 0 Å². The van der Waals surface area contributed by atoms with E-state index in [9.17, 15) is 18.0 Å². The molecule has 2 aromatic heterocycles. The molecule has 0 amide bonds. The van der Waals surface area contributed by atoms with Gasteiger partial charge in [-0.05, 0) is 10.4 Å². The normalized spacial score (nSPS) is 11.8. The van der Waals surface area contributed by atoms with Gasteiger partial charge in [-0.25, -0.2) is 4.68 Å². The van der Waals surface area contributed by atoms with Gasteiger partial charge >= 0.3 is 6.18 Å². The summed E-state index contributed by atoms with van der Waals surface area (Å²) in [5.74, 6) is -0.312. The van der Waals surface area contributed by atoms with Gasteiger partial charge in [0, 0.05) is 6.07 Å². The molecule has 0 aliphatic heterocycles. The molecule has 0 saturated carbocycles. The quantitative estimate of drug-likeness (QED) is 0.848. The van der Waals surface area contributed by atoms with E-state index in [4.69, 9.17) is 9.52 Å². The zero-order valence-corrected chi connectivity index (χ0v) is 10.5. The van der Waals surface area contributed by atoms with Gasteiger partial charge in [0.05, 0.1) is 5.75 Å². The first-order valence-electron chi connectivity index (χ1n) is 5.11. The molecule has 0 spiro atoms. The van der Waals surface area contributed by atoms with E-state index < -0.39 is 23.9 Å². The van der Waals surface area contributed by atoms with E-state index in [2.05, 4.69) is 15.5 Å². The third-order valence-corrected chi connectivity index (χ3v) is 3.02. The van der Waals surface area contributed by atoms with E-state index in [1.165, 1.54) is 0 Å². The average molecular weight is 308 g/mol. The second-order valence-corrected chi connectivity index (χ2v) is 4.56. The molecule has 1 N–H and O–H groups in total. The number of aromatic nitrogens is 4. The monoisotopic (exact) mass is 308 g/mol. The molecule has 0 saturated heterocycles. The summed E-state index contributed by atoms with van der Waals surface area (Å²) >= 11 is 0.875. The molecule has 2 heterocycles. The van der Waals surface area contributed by atoms with Crippen molar-refractivity contribution >= 4 is 11.8 Å². The lowest BCUT2D eigenvalue weighted by molar-refractivity contribution is -0.144. The third kappa shape index (κ3) is 3.73. The molecule has 2 aromatic rings. The van der Waals surface area contributed by atoms with Gasteiger partial charge in [0.15, 0.2) is 5.75 Å². The van der Waals surface area contributed by atoms with Crippen LogP contribution in [0.25, 0.3) is 0 Å². The van der Waals surface area contributed by atoms with Gasteiger partial charge in [0.2, 0.25) is 10.6 Å². The first kappa shape index (κ1) is 14.4. The number of halogens is 3. The number of thioether (sulfide) groups is 1. The summed E-state index contributed by atoms with van der Waals surface area (Å²) in [5, 5.41) is 18.8. The summed E-state index contributed by atoms with van der Waals surface area (Å²) in [6.45, 7) is -1.30. The van der Waals surface area contributed by atoms with Crippen molar-refractivity contribution in [1.82, 2.24) is 20.2 Å². The van der Waals surface area contributed by atoms with Crippen molar-refractivity contribution in [2.24, 2.45) is 0 Å². The maximum atomic E-state index is 12.2. The van der Waals surface area contributed by atoms with Crippen LogP contribution in [-0.4, -0.2) is 31.5 Å². The molecule has 20 heavy (non-hydrogen) atoms. The van der Waals surface area contributed by atoms with E-state index in [1.807, 2.05) is 0 Å². The molecule has 2 rings (SSSR count). The van der Waals surface area contributed by atoms with Crippen LogP contribution in [-0.2, 0) is 12.3 Å². The number of hydrogen-bond donors (Lipinski definition) is 1. The molecule has 0 fully saturated rings. The maximum Gasteiger partial charge on any atom is 0.408 e. The smallest absolute Gasteiger partial charge is 0.408 e. The lowest BCUT2D eigenvalue weighted by Gasteiger charge is -2.07. The number of nitrogens with zero attached hydrogens (tertiary/aromatic N) is 4. The van der Waals surface area contributed by atoms with Crippen molar-refractivity contribution < 1.29 is 22.7 Å². The minimum Gasteiger partial charge on any atom is -0.502 e. The molecular formula is C9H7F3N4O3S. The largest absolute Gasteiger partial charge is 0.502 e. The fraction of sp³-hybridized carbons (Fsp3) is 0.333. The maximum absolute atomic E-state index is 12.2. The molecule has 0 unspecified atom stereocenters. The minimum absolute atomic E-state index is 0.0494. The summed E-state index contributed by atoms with van der Waals surface area (Å²) in [4.78, 5) is 11.1. The Morgan fingerprint density at radius 2 is 2.20 bits per heavy atom. The summed E-state index contributed by atoms with van der Waals surface area (Å²) in [7, 11) is 0. The Kier molecular flexibility index (Phi) is 3.97. The fourth-order valence-electron chi connectivity index (χ4n) is 1.22. The molecule has 0 aliphatic carbocycles. The Morgan fingerprint density at radius 3 is 2.85 bits per heavy atom. The highest BCUT2D eigenvalue weighted by Gasteiger charge is 2.30. The number of rotatable bonds is 4. The predicted octanol–water partition coefficient (Wildman–Crippen LogP) is 1.19. The van der Waals surface area contributed by atoms with Gasteiger partial charge in [-0.1, -0.05) is 11.8 Å². The number of tetrazole rings is 1. The van der Waals surface area contributed by atoms with Gasteiger partial charge in [-0.15, -0.1) is 5.10 Å². The highest BCUT2D eigenvalue weighted by atomic mass is 32.2. The Balaban J connectivity index is 2.06. The van der Waals surface area contributed by atoms with Crippen molar-refractivity contribution in [3.63, 3.8) is 0 Å². The van der Waals surface area contributed by atoms with Crippen LogP contribution in [0.1, 0.15) is 5.76 Å². The van der Waals surface area contributed by atoms with Gasteiger partial charge in [-0.2, -0.15) is 13.2 Å². The minimum atomic E-state index is -4.43. The number of aromatic hydroxyl groups is 1. The van der Waals surface area contributed by atoms with Crippen molar-refractivity contribution in [3.05, 3.63) is 28.3 Å². The second-order valence-electron chi connectivity index (χ2n) is 3.62. The first-order valence-corrected chi connectivity index (χ1v) is 6.10. The molecule has 0 aliphatic rings. The van der Waals surface area contributed by atoms with Gasteiger partial charge in [-0.3, -0.25) is 4.79 Å². The Bertz CT molecular complexity index is 654. The number of alkyl halides is 3. The number of hydrogen-bond acceptors (Lipinski definition) is 7. The van der Waals surface area contributed by atoms with Gasteiger partial charge < -0.3 is 9.52 Å². The Morgan fingerprint density at radius 1 is 1.45 bits per heavy atom. The van der Waals surface area contributed by atoms with Crippen LogP contribution < -0.4 is 5.43 Å². The third-order valence-electron chi connectivity index (χ3n) is 2.04. The summed E-state index contributed by atoms with van der Waals surface area (Å²) in [5.41, 5.74) is -0.637. The molecular weight excluding hydrogens is 301 g/mol. The van der Waals surface area contributed by atoms with Gasteiger partial charge in [0.1, 0.15) is 18.6 Å². The Hall–Kier alpha value is -2.04. The van der Waals surface area contributed by atoms with Crippen molar-refractivity contribution in [1.29, 1.82) is 0 Å². The molecule has 0 radical (unpaired) electrons. The van der Waals surface area contributed by atoms with Crippen molar-refractivity contribution in [2.45, 2.75) is 23.6 Å². The van der Waals surface area contributed by atoms with Crippen LogP contribution in [0.3, 0.4) is 0 Å². The molecule has 0 bridgehead atoms. The van der Waals surface area contributed by atoms with Crippen LogP contribution >= 0.6 is 11.8 Å². The zero-order chi connectivity index (χ0) is 14.8. The zero-order valence-electron chi connectivity index (χ0n) is 9.66. The molecule has 0 aromatic carbocycles. The highest BCUT2D eigenvalue weighted by molar-refractivity contribution is 7.98. The Labute approximate surface area is 113 Å². The van der Waals surface area contributed by atoms with Gasteiger partial charge in [0.25, 0.3) is 0 Å². The molecule has 11 heteroatoms. The van der Waals surface area contributed by atoms with Crippen molar-refractivity contribution in [2.75, 3.05) is 0 Å². The first-order chi connectivity index (χ1) is 9.35. The SMILES string of the molecule is O=c1cc(CSc2nnnn2CC(F)(F)F)occ1O. The van der Waals surface area contributed by atoms with Crippen molar-refractivity contribution in [3.8, 4) is 5.75 Å². The van der Waals surface area contributed by atoms with Crippen LogP contribution in [0.15, 0.2) is 26.7 Å². The second kappa shape index (κ2) is 5.53. The molecule has 7 nitrogen and oxygen atoms in total. The highest BCUT2D eigenvalue weighted by Crippen LogP contribution is 2.23. The van der Waals surface area contributed by atoms with Crippen LogP contribution in [0, 0.1) is 0 Å². The lowest BCUT2D eigenvalue weighted by Crippen LogP contribution is -2.19. The van der Waals surface area contributed by atoms with E-state index in [0.717, 1.165) is 24.1 Å². The van der Waals surface area contributed by atoms with E-state index in [1.54, 1.807) is 0 Å². The average Bonchev–Trinajstić information content (AvgIpc) is 2.76. The van der Waals surface area contributed by atoms with E-state index in [0.29, 0.717) is 4.68 Å². The summed E-state index contributed by atoms with van der Waals surface area (Å²) < 4.78 is 42.2. The van der Waals surface area contributed by atoms with Crippen LogP contribution in [0.2, 0.25) is 0 Å². The lowest BCUT2D eigenvalue weighted by atomic mass is 10.4. The molecule has 108 valence electrons. The van der Waals surface area contributed by atoms with Crippen LogP contribution in [0.4, 0.5) is 13.2 Å². The molecule has 0 atom stereocenters.